The van der Waals surface area contributed by atoms with E-state index in [1.807, 2.05) is 23.9 Å². The van der Waals surface area contributed by atoms with E-state index < -0.39 is 0 Å². The molecule has 24 heavy (non-hydrogen) atoms. The summed E-state index contributed by atoms with van der Waals surface area (Å²) < 4.78 is 0. The maximum Gasteiger partial charge on any atom is 0.170 e. The van der Waals surface area contributed by atoms with Gasteiger partial charge in [0.2, 0.25) is 0 Å². The minimum Gasteiger partial charge on any atom is -0.362 e. The van der Waals surface area contributed by atoms with E-state index in [9.17, 15) is 0 Å². The van der Waals surface area contributed by atoms with Crippen molar-refractivity contribution in [2.24, 2.45) is 5.92 Å². The van der Waals surface area contributed by atoms with Crippen molar-refractivity contribution in [3.63, 3.8) is 0 Å². The van der Waals surface area contributed by atoms with Crippen LogP contribution in [0.2, 0.25) is 5.02 Å². The van der Waals surface area contributed by atoms with Gasteiger partial charge in [0.25, 0.3) is 0 Å². The average Bonchev–Trinajstić information content (AvgIpc) is 2.56. The summed E-state index contributed by atoms with van der Waals surface area (Å²) in [5.74, 6) is 1.53. The zero-order valence-corrected chi connectivity index (χ0v) is 16.6. The Balaban J connectivity index is 1.72. The summed E-state index contributed by atoms with van der Waals surface area (Å²) in [7, 11) is 0. The Kier molecular flexibility index (Phi) is 7.40. The highest BCUT2D eigenvalue weighted by atomic mass is 35.5. The average molecular weight is 379 g/mol. The van der Waals surface area contributed by atoms with E-state index in [0.717, 1.165) is 23.0 Å². The van der Waals surface area contributed by atoms with Gasteiger partial charge in [-0.2, -0.15) is 0 Å². The molecule has 0 aliphatic rings. The van der Waals surface area contributed by atoms with Crippen LogP contribution in [0.4, 0.5) is 5.69 Å². The van der Waals surface area contributed by atoms with Crippen molar-refractivity contribution >= 4 is 46.4 Å². The minimum atomic E-state index is 0.505. The molecule has 2 rings (SSSR count). The number of benzene rings is 2. The van der Waals surface area contributed by atoms with E-state index in [2.05, 4.69) is 61.7 Å². The van der Waals surface area contributed by atoms with Crippen LogP contribution in [0.1, 0.15) is 18.1 Å². The Morgan fingerprint density at radius 2 is 1.83 bits per heavy atom. The van der Waals surface area contributed by atoms with E-state index in [1.54, 1.807) is 0 Å². The van der Waals surface area contributed by atoms with E-state index in [-0.39, 0.29) is 0 Å². The van der Waals surface area contributed by atoms with E-state index in [1.165, 1.54) is 16.0 Å². The van der Waals surface area contributed by atoms with E-state index >= 15 is 0 Å². The van der Waals surface area contributed by atoms with Crippen molar-refractivity contribution in [2.75, 3.05) is 17.6 Å². The Hall–Kier alpha value is -1.23. The first-order chi connectivity index (χ1) is 11.4. The first-order valence-electron chi connectivity index (χ1n) is 7.94. The third-order valence-electron chi connectivity index (χ3n) is 3.72. The van der Waals surface area contributed by atoms with Gasteiger partial charge in [-0.05, 0) is 79.5 Å². The third-order valence-corrected chi connectivity index (χ3v) is 5.56. The van der Waals surface area contributed by atoms with Crippen molar-refractivity contribution in [2.45, 2.75) is 25.7 Å². The lowest BCUT2D eigenvalue weighted by molar-refractivity contribution is 0.637. The fraction of sp³-hybridized carbons (Fsp3) is 0.316. The Labute approximate surface area is 159 Å². The summed E-state index contributed by atoms with van der Waals surface area (Å²) in [6.07, 6.45) is 0. The maximum atomic E-state index is 5.90. The number of anilines is 1. The molecule has 2 aromatic rings. The number of hydrogen-bond acceptors (Lipinski definition) is 2. The lowest BCUT2D eigenvalue weighted by Crippen LogP contribution is -2.32. The smallest absolute Gasteiger partial charge is 0.170 e. The van der Waals surface area contributed by atoms with Crippen molar-refractivity contribution in [3.8, 4) is 0 Å². The van der Waals surface area contributed by atoms with Crippen LogP contribution in [-0.4, -0.2) is 17.4 Å². The molecule has 1 atom stereocenters. The van der Waals surface area contributed by atoms with E-state index in [0.29, 0.717) is 11.0 Å². The normalized spacial score (nSPS) is 11.8. The molecule has 0 saturated carbocycles. The molecule has 0 unspecified atom stereocenters. The monoisotopic (exact) mass is 378 g/mol. The van der Waals surface area contributed by atoms with Gasteiger partial charge in [0.1, 0.15) is 0 Å². The zero-order valence-electron chi connectivity index (χ0n) is 14.2. The number of rotatable bonds is 6. The lowest BCUT2D eigenvalue weighted by Gasteiger charge is -2.15. The summed E-state index contributed by atoms with van der Waals surface area (Å²) >= 11 is 13.1. The molecular weight excluding hydrogens is 356 g/mol. The number of nitrogens with one attached hydrogen (secondary N) is 2. The molecule has 128 valence electrons. The molecular formula is C19H23ClN2S2. The summed E-state index contributed by atoms with van der Waals surface area (Å²) in [6.45, 7) is 7.27. The van der Waals surface area contributed by atoms with Crippen LogP contribution >= 0.6 is 35.6 Å². The van der Waals surface area contributed by atoms with Crippen molar-refractivity contribution in [3.05, 3.63) is 58.6 Å². The number of thiocarbonyl (C=S) groups is 1. The third kappa shape index (κ3) is 6.34. The molecule has 0 amide bonds. The second-order valence-electron chi connectivity index (χ2n) is 6.00. The van der Waals surface area contributed by atoms with Gasteiger partial charge in [-0.15, -0.1) is 11.8 Å². The Morgan fingerprint density at radius 1 is 1.12 bits per heavy atom. The molecule has 0 aromatic heterocycles. The predicted molar refractivity (Wildman–Crippen MR) is 111 cm³/mol. The Bertz CT molecular complexity index is 686. The fourth-order valence-electron chi connectivity index (χ4n) is 2.09. The first-order valence-corrected chi connectivity index (χ1v) is 9.71. The van der Waals surface area contributed by atoms with Crippen LogP contribution < -0.4 is 10.6 Å². The highest BCUT2D eigenvalue weighted by Gasteiger charge is 2.05. The molecule has 5 heteroatoms. The highest BCUT2D eigenvalue weighted by Crippen LogP contribution is 2.22. The van der Waals surface area contributed by atoms with Crippen LogP contribution in [-0.2, 0) is 0 Å². The quantitative estimate of drug-likeness (QED) is 0.499. The molecule has 2 N–H and O–H groups in total. The SMILES string of the molecule is Cc1ccc(NC(=S)NC[C@@H](C)CSc2ccc(Cl)cc2)cc1C. The predicted octanol–water partition coefficient (Wildman–Crippen LogP) is 5.67. The molecule has 0 radical (unpaired) electrons. The zero-order chi connectivity index (χ0) is 17.5. The summed E-state index contributed by atoms with van der Waals surface area (Å²) in [5, 5.41) is 7.98. The van der Waals surface area contributed by atoms with Crippen LogP contribution in [0.15, 0.2) is 47.4 Å². The van der Waals surface area contributed by atoms with Gasteiger partial charge in [0.15, 0.2) is 5.11 Å². The number of halogens is 1. The molecule has 0 saturated heterocycles. The molecule has 0 heterocycles. The molecule has 2 aromatic carbocycles. The largest absolute Gasteiger partial charge is 0.362 e. The van der Waals surface area contributed by atoms with Gasteiger partial charge in [0.05, 0.1) is 0 Å². The Morgan fingerprint density at radius 3 is 2.50 bits per heavy atom. The second-order valence-corrected chi connectivity index (χ2v) is 7.94. The molecule has 0 aliphatic heterocycles. The molecule has 0 bridgehead atoms. The topological polar surface area (TPSA) is 24.1 Å². The number of hydrogen-bond donors (Lipinski definition) is 2. The van der Waals surface area contributed by atoms with Crippen molar-refractivity contribution in [1.82, 2.24) is 5.32 Å². The number of thioether (sulfide) groups is 1. The van der Waals surface area contributed by atoms with Gasteiger partial charge < -0.3 is 10.6 Å². The maximum absolute atomic E-state index is 5.90. The van der Waals surface area contributed by atoms with Crippen LogP contribution in [0.5, 0.6) is 0 Å². The highest BCUT2D eigenvalue weighted by molar-refractivity contribution is 7.99. The van der Waals surface area contributed by atoms with Crippen LogP contribution in [0.3, 0.4) is 0 Å². The van der Waals surface area contributed by atoms with Crippen molar-refractivity contribution in [1.29, 1.82) is 0 Å². The fourth-order valence-corrected chi connectivity index (χ4v) is 3.34. The molecule has 0 aliphatic carbocycles. The molecule has 2 nitrogen and oxygen atoms in total. The first kappa shape index (κ1) is 19.1. The van der Waals surface area contributed by atoms with E-state index in [4.69, 9.17) is 23.8 Å². The van der Waals surface area contributed by atoms with Crippen LogP contribution in [0.25, 0.3) is 0 Å². The van der Waals surface area contributed by atoms with Crippen LogP contribution in [0, 0.1) is 19.8 Å². The van der Waals surface area contributed by atoms with Gasteiger partial charge in [-0.3, -0.25) is 0 Å². The van der Waals surface area contributed by atoms with Gasteiger partial charge in [0, 0.05) is 27.9 Å². The van der Waals surface area contributed by atoms with Gasteiger partial charge in [-0.1, -0.05) is 24.6 Å². The van der Waals surface area contributed by atoms with Gasteiger partial charge >= 0.3 is 0 Å². The summed E-state index contributed by atoms with van der Waals surface area (Å²) in [6, 6.07) is 14.2. The number of aryl methyl sites for hydroxylation is 2. The molecule has 0 spiro atoms. The standard InChI is InChI=1S/C19H23ClN2S2/c1-13(12-24-18-8-5-16(20)6-9-18)11-21-19(23)22-17-7-4-14(2)15(3)10-17/h4-10,13H,11-12H2,1-3H3,(H2,21,22,23)/t13-/m1/s1. The minimum absolute atomic E-state index is 0.505. The van der Waals surface area contributed by atoms with Crippen molar-refractivity contribution < 1.29 is 0 Å². The molecule has 0 fully saturated rings. The summed E-state index contributed by atoms with van der Waals surface area (Å²) in [4.78, 5) is 1.24. The second kappa shape index (κ2) is 9.30. The van der Waals surface area contributed by atoms with Gasteiger partial charge in [-0.25, -0.2) is 0 Å². The summed E-state index contributed by atoms with van der Waals surface area (Å²) in [5.41, 5.74) is 3.57. The lowest BCUT2D eigenvalue weighted by atomic mass is 10.1.